The monoisotopic (exact) mass is 225 g/mol. The first-order valence-corrected chi connectivity index (χ1v) is 6.45. The smallest absolute Gasteiger partial charge is 0.237 e. The lowest BCUT2D eigenvalue weighted by molar-refractivity contribution is -0.125. The van der Waals surface area contributed by atoms with Crippen LogP contribution in [0.2, 0.25) is 0 Å². The molecule has 1 heterocycles. The normalized spacial score (nSPS) is 37.2. The van der Waals surface area contributed by atoms with E-state index in [1.54, 1.807) is 0 Å². The third kappa shape index (κ3) is 2.38. The molecule has 2 atom stereocenters. The molecule has 4 N–H and O–H groups in total. The molecule has 16 heavy (non-hydrogen) atoms. The molecule has 0 bridgehead atoms. The number of nitrogens with zero attached hydrogens (tertiary/aromatic N) is 1. The Morgan fingerprint density at radius 2 is 1.88 bits per heavy atom. The summed E-state index contributed by atoms with van der Waals surface area (Å²) in [5.74, 6) is -0.325. The number of likely N-dealkylation sites (tertiary alicyclic amines) is 1. The zero-order chi connectivity index (χ0) is 11.6. The van der Waals surface area contributed by atoms with Crippen LogP contribution in [0.4, 0.5) is 0 Å². The number of primary amides is 1. The van der Waals surface area contributed by atoms with Crippen molar-refractivity contribution < 1.29 is 4.79 Å². The van der Waals surface area contributed by atoms with Crippen LogP contribution < -0.4 is 11.5 Å². The van der Waals surface area contributed by atoms with E-state index >= 15 is 0 Å². The Bertz CT molecular complexity index is 263. The van der Waals surface area contributed by atoms with Crippen LogP contribution in [0.1, 0.15) is 44.9 Å². The third-order valence-corrected chi connectivity index (χ3v) is 4.16. The van der Waals surface area contributed by atoms with Gasteiger partial charge < -0.3 is 16.4 Å². The summed E-state index contributed by atoms with van der Waals surface area (Å²) < 4.78 is 0. The predicted octanol–water partition coefficient (Wildman–Crippen LogP) is 0.598. The molecule has 1 saturated carbocycles. The van der Waals surface area contributed by atoms with Gasteiger partial charge in [-0.25, -0.2) is 0 Å². The van der Waals surface area contributed by atoms with Crippen LogP contribution >= 0.6 is 0 Å². The fourth-order valence-corrected chi connectivity index (χ4v) is 3.10. The van der Waals surface area contributed by atoms with Crippen molar-refractivity contribution >= 4 is 5.91 Å². The van der Waals surface area contributed by atoms with Crippen LogP contribution in [-0.2, 0) is 4.79 Å². The summed E-state index contributed by atoms with van der Waals surface area (Å²) in [6, 6.07) is 0.478. The largest absolute Gasteiger partial charge is 0.368 e. The third-order valence-electron chi connectivity index (χ3n) is 4.16. The molecule has 2 fully saturated rings. The second kappa shape index (κ2) is 4.72. The van der Waals surface area contributed by atoms with Crippen LogP contribution in [0.15, 0.2) is 0 Å². The minimum Gasteiger partial charge on any atom is -0.368 e. The fraction of sp³-hybridized carbons (Fsp3) is 0.917. The van der Waals surface area contributed by atoms with Crippen molar-refractivity contribution in [1.82, 2.24) is 4.90 Å². The summed E-state index contributed by atoms with van der Waals surface area (Å²) in [6.45, 7) is 2.33. The van der Waals surface area contributed by atoms with E-state index in [1.165, 1.54) is 38.8 Å². The molecule has 1 aliphatic carbocycles. The SMILES string of the molecule is NC(=O)C1(N)CCCC(N2CCCCC2)C1. The van der Waals surface area contributed by atoms with E-state index < -0.39 is 5.54 Å². The van der Waals surface area contributed by atoms with Gasteiger partial charge in [0, 0.05) is 6.04 Å². The molecule has 0 radical (unpaired) electrons. The Kier molecular flexibility index (Phi) is 3.50. The van der Waals surface area contributed by atoms with Crippen molar-refractivity contribution in [3.8, 4) is 0 Å². The first kappa shape index (κ1) is 11.9. The van der Waals surface area contributed by atoms with Crippen LogP contribution in [0.3, 0.4) is 0 Å². The Labute approximate surface area is 97.3 Å². The maximum absolute atomic E-state index is 11.4. The van der Waals surface area contributed by atoms with Crippen molar-refractivity contribution in [1.29, 1.82) is 0 Å². The van der Waals surface area contributed by atoms with Crippen molar-refractivity contribution in [2.24, 2.45) is 11.5 Å². The van der Waals surface area contributed by atoms with E-state index in [4.69, 9.17) is 11.5 Å². The molecule has 1 aliphatic heterocycles. The first-order valence-electron chi connectivity index (χ1n) is 6.45. The lowest BCUT2D eigenvalue weighted by atomic mass is 9.78. The van der Waals surface area contributed by atoms with Gasteiger partial charge in [-0.1, -0.05) is 6.42 Å². The van der Waals surface area contributed by atoms with E-state index in [2.05, 4.69) is 4.90 Å². The molecule has 0 spiro atoms. The molecule has 2 rings (SSSR count). The number of nitrogens with two attached hydrogens (primary N) is 2. The standard InChI is InChI=1S/C12H23N3O/c13-11(16)12(14)6-4-5-10(9-12)15-7-2-1-3-8-15/h10H,1-9,14H2,(H2,13,16). The molecule has 1 saturated heterocycles. The summed E-state index contributed by atoms with van der Waals surface area (Å²) in [7, 11) is 0. The van der Waals surface area contributed by atoms with Gasteiger partial charge in [-0.15, -0.1) is 0 Å². The average Bonchev–Trinajstić information content (AvgIpc) is 2.30. The highest BCUT2D eigenvalue weighted by molar-refractivity contribution is 5.84. The number of amides is 1. The average molecular weight is 225 g/mol. The highest BCUT2D eigenvalue weighted by Gasteiger charge is 2.39. The van der Waals surface area contributed by atoms with Crippen molar-refractivity contribution in [2.45, 2.75) is 56.5 Å². The predicted molar refractivity (Wildman–Crippen MR) is 63.8 cm³/mol. The second-order valence-electron chi connectivity index (χ2n) is 5.37. The van der Waals surface area contributed by atoms with Crippen LogP contribution in [-0.4, -0.2) is 35.5 Å². The number of piperidine rings is 1. The van der Waals surface area contributed by atoms with E-state index in [0.29, 0.717) is 6.04 Å². The van der Waals surface area contributed by atoms with Crippen LogP contribution in [0.25, 0.3) is 0 Å². The number of carbonyl (C=O) groups excluding carboxylic acids is 1. The lowest BCUT2D eigenvalue weighted by Gasteiger charge is -2.42. The number of carbonyl (C=O) groups is 1. The molecule has 4 nitrogen and oxygen atoms in total. The zero-order valence-corrected chi connectivity index (χ0v) is 9.95. The fourth-order valence-electron chi connectivity index (χ4n) is 3.10. The van der Waals surface area contributed by atoms with Gasteiger partial charge in [0.2, 0.25) is 5.91 Å². The van der Waals surface area contributed by atoms with E-state index in [0.717, 1.165) is 19.3 Å². The minimum absolute atomic E-state index is 0.325. The summed E-state index contributed by atoms with van der Waals surface area (Å²) in [6.07, 6.45) is 7.62. The van der Waals surface area contributed by atoms with Crippen molar-refractivity contribution in [2.75, 3.05) is 13.1 Å². The Morgan fingerprint density at radius 3 is 2.50 bits per heavy atom. The first-order chi connectivity index (χ1) is 7.62. The lowest BCUT2D eigenvalue weighted by Crippen LogP contribution is -2.58. The second-order valence-corrected chi connectivity index (χ2v) is 5.37. The Balaban J connectivity index is 1.98. The summed E-state index contributed by atoms with van der Waals surface area (Å²) in [5, 5.41) is 0. The number of hydrogen-bond donors (Lipinski definition) is 2. The molecule has 2 unspecified atom stereocenters. The molecule has 2 aliphatic rings. The van der Waals surface area contributed by atoms with Crippen molar-refractivity contribution in [3.05, 3.63) is 0 Å². The molecule has 0 aromatic carbocycles. The van der Waals surface area contributed by atoms with Gasteiger partial charge >= 0.3 is 0 Å². The van der Waals surface area contributed by atoms with E-state index in [1.807, 2.05) is 0 Å². The van der Waals surface area contributed by atoms with Gasteiger partial charge in [-0.2, -0.15) is 0 Å². The van der Waals surface area contributed by atoms with E-state index in [-0.39, 0.29) is 5.91 Å². The summed E-state index contributed by atoms with van der Waals surface area (Å²) >= 11 is 0. The quantitative estimate of drug-likeness (QED) is 0.722. The maximum Gasteiger partial charge on any atom is 0.237 e. The maximum atomic E-state index is 11.4. The van der Waals surface area contributed by atoms with Gasteiger partial charge in [0.15, 0.2) is 0 Å². The molecule has 4 heteroatoms. The molecular formula is C12H23N3O. The van der Waals surface area contributed by atoms with Crippen molar-refractivity contribution in [3.63, 3.8) is 0 Å². The molecule has 0 aromatic rings. The Hall–Kier alpha value is -0.610. The van der Waals surface area contributed by atoms with Crippen LogP contribution in [0, 0.1) is 0 Å². The number of hydrogen-bond acceptors (Lipinski definition) is 3. The number of rotatable bonds is 2. The summed E-state index contributed by atoms with van der Waals surface area (Å²) in [4.78, 5) is 13.9. The van der Waals surface area contributed by atoms with Gasteiger partial charge in [0.1, 0.15) is 0 Å². The van der Waals surface area contributed by atoms with Gasteiger partial charge in [-0.05, 0) is 51.6 Å². The van der Waals surface area contributed by atoms with Gasteiger partial charge in [0.05, 0.1) is 5.54 Å². The highest BCUT2D eigenvalue weighted by atomic mass is 16.1. The Morgan fingerprint density at radius 1 is 1.19 bits per heavy atom. The molecule has 0 aromatic heterocycles. The zero-order valence-electron chi connectivity index (χ0n) is 9.95. The molecule has 92 valence electrons. The summed E-state index contributed by atoms with van der Waals surface area (Å²) in [5.41, 5.74) is 10.8. The van der Waals surface area contributed by atoms with Gasteiger partial charge in [-0.3, -0.25) is 4.79 Å². The molecular weight excluding hydrogens is 202 g/mol. The van der Waals surface area contributed by atoms with Crippen LogP contribution in [0.5, 0.6) is 0 Å². The highest BCUT2D eigenvalue weighted by Crippen LogP contribution is 2.30. The van der Waals surface area contributed by atoms with E-state index in [9.17, 15) is 4.79 Å². The minimum atomic E-state index is -0.750. The van der Waals surface area contributed by atoms with Gasteiger partial charge in [0.25, 0.3) is 0 Å². The molecule has 1 amide bonds. The topological polar surface area (TPSA) is 72.3 Å².